The fourth-order valence-electron chi connectivity index (χ4n) is 3.93. The lowest BCUT2D eigenvalue weighted by Crippen LogP contribution is -2.32. The summed E-state index contributed by atoms with van der Waals surface area (Å²) < 4.78 is 33.9. The van der Waals surface area contributed by atoms with Crippen molar-refractivity contribution in [1.82, 2.24) is 4.31 Å². The number of carbonyl (C=O) groups is 1. The lowest BCUT2D eigenvalue weighted by atomic mass is 10.1. The molecule has 1 fully saturated rings. The van der Waals surface area contributed by atoms with Crippen molar-refractivity contribution in [2.75, 3.05) is 18.4 Å². The van der Waals surface area contributed by atoms with E-state index in [1.54, 1.807) is 37.3 Å². The highest BCUT2D eigenvalue weighted by Crippen LogP contribution is 2.33. The number of benzene rings is 3. The SMILES string of the molecule is Cc1ccc(S(=O)(=O)N2CCCCCC2)cc1C(=O)Nc1cc(Cl)ccc1Oc1ccccc1. The zero-order valence-electron chi connectivity index (χ0n) is 19.0. The third kappa shape index (κ3) is 5.60. The molecule has 1 N–H and O–H groups in total. The average Bonchev–Trinajstić information content (AvgIpc) is 3.12. The fraction of sp³-hybridized carbons (Fsp3) is 0.269. The topological polar surface area (TPSA) is 75.7 Å². The van der Waals surface area contributed by atoms with Gasteiger partial charge in [-0.25, -0.2) is 8.42 Å². The van der Waals surface area contributed by atoms with Gasteiger partial charge < -0.3 is 10.1 Å². The standard InChI is InChI=1S/C26H27ClN2O4S/c1-19-11-13-22(34(31,32)29-15-7-2-3-8-16-29)18-23(19)26(30)28-24-17-20(27)12-14-25(24)33-21-9-5-4-6-10-21/h4-6,9-14,17-18H,2-3,7-8,15-16H2,1H3,(H,28,30). The molecule has 3 aromatic rings. The number of rotatable bonds is 6. The minimum atomic E-state index is -3.68. The number of para-hydroxylation sites is 1. The van der Waals surface area contributed by atoms with Crippen molar-refractivity contribution in [2.45, 2.75) is 37.5 Å². The highest BCUT2D eigenvalue weighted by molar-refractivity contribution is 7.89. The van der Waals surface area contributed by atoms with Crippen LogP contribution in [0.5, 0.6) is 11.5 Å². The summed E-state index contributed by atoms with van der Waals surface area (Å²) in [5.74, 6) is 0.600. The van der Waals surface area contributed by atoms with E-state index in [0.717, 1.165) is 25.7 Å². The first-order valence-electron chi connectivity index (χ1n) is 11.3. The van der Waals surface area contributed by atoms with Gasteiger partial charge >= 0.3 is 0 Å². The molecular formula is C26H27ClN2O4S. The first kappa shape index (κ1) is 24.3. The lowest BCUT2D eigenvalue weighted by Gasteiger charge is -2.20. The van der Waals surface area contributed by atoms with E-state index in [-0.39, 0.29) is 10.5 Å². The second-order valence-corrected chi connectivity index (χ2v) is 10.7. The summed E-state index contributed by atoms with van der Waals surface area (Å²) in [6, 6.07) is 18.8. The Kier molecular flexibility index (Phi) is 7.56. The normalized spacial score (nSPS) is 14.9. The summed E-state index contributed by atoms with van der Waals surface area (Å²) in [4.78, 5) is 13.4. The second-order valence-electron chi connectivity index (χ2n) is 8.30. The minimum absolute atomic E-state index is 0.122. The lowest BCUT2D eigenvalue weighted by molar-refractivity contribution is 0.102. The number of nitrogens with zero attached hydrogens (tertiary/aromatic N) is 1. The molecule has 1 heterocycles. The number of hydrogen-bond acceptors (Lipinski definition) is 4. The number of carbonyl (C=O) groups excluding carboxylic acids is 1. The molecule has 0 spiro atoms. The van der Waals surface area contributed by atoms with E-state index in [1.165, 1.54) is 10.4 Å². The van der Waals surface area contributed by atoms with Crippen molar-refractivity contribution in [3.63, 3.8) is 0 Å². The van der Waals surface area contributed by atoms with Crippen molar-refractivity contribution >= 4 is 33.2 Å². The van der Waals surface area contributed by atoms with E-state index in [4.69, 9.17) is 16.3 Å². The van der Waals surface area contributed by atoms with Crippen LogP contribution in [0, 0.1) is 6.92 Å². The zero-order valence-corrected chi connectivity index (χ0v) is 20.5. The van der Waals surface area contributed by atoms with Gasteiger partial charge in [0.1, 0.15) is 5.75 Å². The maximum absolute atomic E-state index is 13.2. The summed E-state index contributed by atoms with van der Waals surface area (Å²) in [5.41, 5.74) is 1.34. The van der Waals surface area contributed by atoms with E-state index in [1.807, 2.05) is 30.3 Å². The molecule has 1 aliphatic heterocycles. The van der Waals surface area contributed by atoms with E-state index in [0.29, 0.717) is 40.9 Å². The molecule has 6 nitrogen and oxygen atoms in total. The van der Waals surface area contributed by atoms with Gasteiger partial charge in [0, 0.05) is 23.7 Å². The van der Waals surface area contributed by atoms with Gasteiger partial charge in [-0.3, -0.25) is 4.79 Å². The number of amides is 1. The zero-order chi connectivity index (χ0) is 24.1. The van der Waals surface area contributed by atoms with Gasteiger partial charge in [0.2, 0.25) is 10.0 Å². The molecule has 34 heavy (non-hydrogen) atoms. The maximum Gasteiger partial charge on any atom is 0.256 e. The van der Waals surface area contributed by atoms with E-state index >= 15 is 0 Å². The Morgan fingerprint density at radius 3 is 2.35 bits per heavy atom. The largest absolute Gasteiger partial charge is 0.455 e. The minimum Gasteiger partial charge on any atom is -0.455 e. The van der Waals surface area contributed by atoms with Crippen LogP contribution in [0.3, 0.4) is 0 Å². The first-order valence-corrected chi connectivity index (χ1v) is 13.1. The smallest absolute Gasteiger partial charge is 0.256 e. The van der Waals surface area contributed by atoms with Crippen LogP contribution in [0.4, 0.5) is 5.69 Å². The van der Waals surface area contributed by atoms with Crippen molar-refractivity contribution in [2.24, 2.45) is 0 Å². The molecule has 0 aromatic heterocycles. The molecule has 178 valence electrons. The van der Waals surface area contributed by atoms with E-state index in [2.05, 4.69) is 5.32 Å². The van der Waals surface area contributed by atoms with Crippen LogP contribution < -0.4 is 10.1 Å². The molecule has 3 aromatic carbocycles. The number of aryl methyl sites for hydroxylation is 1. The van der Waals surface area contributed by atoms with Gasteiger partial charge in [-0.2, -0.15) is 4.31 Å². The van der Waals surface area contributed by atoms with Gasteiger partial charge in [0.05, 0.1) is 10.6 Å². The van der Waals surface area contributed by atoms with Crippen LogP contribution >= 0.6 is 11.6 Å². The molecular weight excluding hydrogens is 472 g/mol. The molecule has 4 rings (SSSR count). The Labute approximate surface area is 205 Å². The fourth-order valence-corrected chi connectivity index (χ4v) is 5.65. The van der Waals surface area contributed by atoms with Gasteiger partial charge in [0.25, 0.3) is 5.91 Å². The Balaban J connectivity index is 1.61. The van der Waals surface area contributed by atoms with E-state index in [9.17, 15) is 13.2 Å². The monoisotopic (exact) mass is 498 g/mol. The Morgan fingerprint density at radius 2 is 1.65 bits per heavy atom. The average molecular weight is 499 g/mol. The van der Waals surface area contributed by atoms with Crippen LogP contribution in [-0.4, -0.2) is 31.7 Å². The molecule has 8 heteroatoms. The van der Waals surface area contributed by atoms with Crippen LogP contribution in [0.25, 0.3) is 0 Å². The molecule has 1 aliphatic rings. The number of nitrogens with one attached hydrogen (secondary N) is 1. The van der Waals surface area contributed by atoms with E-state index < -0.39 is 15.9 Å². The van der Waals surface area contributed by atoms with Crippen molar-refractivity contribution in [3.8, 4) is 11.5 Å². The second kappa shape index (κ2) is 10.6. The molecule has 0 unspecified atom stereocenters. The Morgan fingerprint density at radius 1 is 0.941 bits per heavy atom. The predicted octanol–water partition coefficient (Wildman–Crippen LogP) is 6.26. The molecule has 0 aliphatic carbocycles. The molecule has 1 amide bonds. The maximum atomic E-state index is 13.2. The summed E-state index contributed by atoms with van der Waals surface area (Å²) in [7, 11) is -3.68. The Bertz CT molecular complexity index is 1270. The summed E-state index contributed by atoms with van der Waals surface area (Å²) >= 11 is 6.17. The molecule has 0 atom stereocenters. The van der Waals surface area contributed by atoms with Gasteiger partial charge in [-0.15, -0.1) is 0 Å². The Hall–Kier alpha value is -2.87. The number of hydrogen-bond donors (Lipinski definition) is 1. The van der Waals surface area contributed by atoms with Crippen LogP contribution in [-0.2, 0) is 10.0 Å². The molecule has 0 saturated carbocycles. The van der Waals surface area contributed by atoms with Crippen LogP contribution in [0.1, 0.15) is 41.6 Å². The summed E-state index contributed by atoms with van der Waals surface area (Å²) in [5, 5.41) is 3.28. The van der Waals surface area contributed by atoms with Gasteiger partial charge in [-0.05, 0) is 67.8 Å². The third-order valence-corrected chi connectivity index (χ3v) is 7.95. The molecule has 0 radical (unpaired) electrons. The van der Waals surface area contributed by atoms with Gasteiger partial charge in [0.15, 0.2) is 5.75 Å². The predicted molar refractivity (Wildman–Crippen MR) is 134 cm³/mol. The van der Waals surface area contributed by atoms with Crippen LogP contribution in [0.15, 0.2) is 71.6 Å². The number of halogens is 1. The number of sulfonamides is 1. The van der Waals surface area contributed by atoms with Crippen molar-refractivity contribution < 1.29 is 17.9 Å². The highest BCUT2D eigenvalue weighted by atomic mass is 35.5. The van der Waals surface area contributed by atoms with Gasteiger partial charge in [-0.1, -0.05) is 48.7 Å². The highest BCUT2D eigenvalue weighted by Gasteiger charge is 2.26. The summed E-state index contributed by atoms with van der Waals surface area (Å²) in [6.07, 6.45) is 3.75. The molecule has 1 saturated heterocycles. The summed E-state index contributed by atoms with van der Waals surface area (Å²) in [6.45, 7) is 2.78. The number of ether oxygens (including phenoxy) is 1. The molecule has 0 bridgehead atoms. The van der Waals surface area contributed by atoms with Crippen LogP contribution in [0.2, 0.25) is 5.02 Å². The number of anilines is 1. The quantitative estimate of drug-likeness (QED) is 0.435. The first-order chi connectivity index (χ1) is 16.3. The third-order valence-electron chi connectivity index (χ3n) is 5.82. The van der Waals surface area contributed by atoms with Crippen molar-refractivity contribution in [3.05, 3.63) is 82.9 Å². The van der Waals surface area contributed by atoms with Crippen molar-refractivity contribution in [1.29, 1.82) is 0 Å².